The second-order valence-electron chi connectivity index (χ2n) is 3.93. The summed E-state index contributed by atoms with van der Waals surface area (Å²) in [6.45, 7) is 1.86. The number of amides is 1. The van der Waals surface area contributed by atoms with Crippen molar-refractivity contribution in [1.82, 2.24) is 4.98 Å². The van der Waals surface area contributed by atoms with Crippen LogP contribution in [0.15, 0.2) is 30.5 Å². The minimum absolute atomic E-state index is 0.235. The lowest BCUT2D eigenvalue weighted by Crippen LogP contribution is -2.12. The second-order valence-corrected chi connectivity index (χ2v) is 5.11. The maximum Gasteiger partial charge on any atom is 0.255 e. The summed E-state index contributed by atoms with van der Waals surface area (Å²) in [5.74, 6) is -0.326. The van der Waals surface area contributed by atoms with Gasteiger partial charge in [-0.3, -0.25) is 4.79 Å². The van der Waals surface area contributed by atoms with Crippen LogP contribution in [0.5, 0.6) is 0 Å². The maximum atomic E-state index is 12.0. The Morgan fingerprint density at radius 1 is 1.16 bits per heavy atom. The first kappa shape index (κ1) is 14.1. The molecule has 6 heteroatoms. The standard InChI is InChI=1S/C13H9Cl3N2O/c1-7-4-11(12(16)17-6-7)18-13(19)8-2-3-9(14)10(15)5-8/h2-6H,1H3,(H,18,19). The third-order valence-electron chi connectivity index (χ3n) is 2.41. The number of anilines is 1. The number of pyridine rings is 1. The molecule has 1 amide bonds. The third-order valence-corrected chi connectivity index (χ3v) is 3.45. The summed E-state index contributed by atoms with van der Waals surface area (Å²) in [5.41, 5.74) is 1.75. The molecule has 0 atom stereocenters. The zero-order chi connectivity index (χ0) is 14.0. The van der Waals surface area contributed by atoms with Crippen molar-refractivity contribution in [2.45, 2.75) is 6.92 Å². The van der Waals surface area contributed by atoms with Crippen molar-refractivity contribution < 1.29 is 4.79 Å². The summed E-state index contributed by atoms with van der Waals surface area (Å²) in [6.07, 6.45) is 1.62. The van der Waals surface area contributed by atoms with E-state index in [0.717, 1.165) is 5.56 Å². The van der Waals surface area contributed by atoms with E-state index in [0.29, 0.717) is 21.3 Å². The van der Waals surface area contributed by atoms with Gasteiger partial charge in [0, 0.05) is 11.8 Å². The molecule has 0 fully saturated rings. The van der Waals surface area contributed by atoms with Crippen molar-refractivity contribution in [1.29, 1.82) is 0 Å². The first-order valence-electron chi connectivity index (χ1n) is 5.36. The highest BCUT2D eigenvalue weighted by Crippen LogP contribution is 2.24. The number of halogens is 3. The van der Waals surface area contributed by atoms with Crippen LogP contribution < -0.4 is 5.32 Å². The molecule has 2 rings (SSSR count). The van der Waals surface area contributed by atoms with E-state index < -0.39 is 0 Å². The molecule has 19 heavy (non-hydrogen) atoms. The largest absolute Gasteiger partial charge is 0.319 e. The average molecular weight is 316 g/mol. The predicted octanol–water partition coefficient (Wildman–Crippen LogP) is 4.60. The summed E-state index contributed by atoms with van der Waals surface area (Å²) in [4.78, 5) is 16.0. The van der Waals surface area contributed by atoms with Crippen molar-refractivity contribution in [2.75, 3.05) is 5.32 Å². The van der Waals surface area contributed by atoms with Gasteiger partial charge in [0.1, 0.15) is 0 Å². The Morgan fingerprint density at radius 3 is 2.58 bits per heavy atom. The van der Waals surface area contributed by atoms with Crippen LogP contribution in [0.1, 0.15) is 15.9 Å². The van der Waals surface area contributed by atoms with Crippen LogP contribution in [0.25, 0.3) is 0 Å². The van der Waals surface area contributed by atoms with Crippen molar-refractivity contribution >= 4 is 46.4 Å². The predicted molar refractivity (Wildman–Crippen MR) is 78.4 cm³/mol. The van der Waals surface area contributed by atoms with Crippen LogP contribution in [0.2, 0.25) is 15.2 Å². The van der Waals surface area contributed by atoms with Crippen LogP contribution in [-0.2, 0) is 0 Å². The number of aromatic nitrogens is 1. The first-order valence-corrected chi connectivity index (χ1v) is 6.49. The lowest BCUT2D eigenvalue weighted by atomic mass is 10.2. The lowest BCUT2D eigenvalue weighted by Gasteiger charge is -2.08. The van der Waals surface area contributed by atoms with Crippen molar-refractivity contribution in [3.63, 3.8) is 0 Å². The van der Waals surface area contributed by atoms with Gasteiger partial charge in [-0.15, -0.1) is 0 Å². The third kappa shape index (κ3) is 3.38. The molecule has 0 saturated heterocycles. The first-order chi connectivity index (χ1) is 8.97. The van der Waals surface area contributed by atoms with Crippen LogP contribution in [0.4, 0.5) is 5.69 Å². The molecule has 0 aliphatic heterocycles. The molecule has 3 nitrogen and oxygen atoms in total. The van der Waals surface area contributed by atoms with Crippen molar-refractivity contribution in [2.24, 2.45) is 0 Å². The topological polar surface area (TPSA) is 42.0 Å². The van der Waals surface area contributed by atoms with E-state index in [-0.39, 0.29) is 11.1 Å². The molecule has 0 saturated carbocycles. The number of carbonyl (C=O) groups excluding carboxylic acids is 1. The quantitative estimate of drug-likeness (QED) is 0.823. The fourth-order valence-electron chi connectivity index (χ4n) is 1.47. The molecule has 1 heterocycles. The van der Waals surface area contributed by atoms with Gasteiger partial charge in [0.15, 0.2) is 5.15 Å². The Hall–Kier alpha value is -1.29. The second kappa shape index (κ2) is 5.78. The van der Waals surface area contributed by atoms with Crippen LogP contribution in [0.3, 0.4) is 0 Å². The van der Waals surface area contributed by atoms with Crippen molar-refractivity contribution in [3.05, 3.63) is 56.8 Å². The molecule has 0 bridgehead atoms. The summed E-state index contributed by atoms with van der Waals surface area (Å²) < 4.78 is 0. The molecule has 1 aromatic carbocycles. The fourth-order valence-corrected chi connectivity index (χ4v) is 1.92. The molecular formula is C13H9Cl3N2O. The molecule has 0 radical (unpaired) electrons. The number of rotatable bonds is 2. The molecule has 1 N–H and O–H groups in total. The number of hydrogen-bond donors (Lipinski definition) is 1. The highest BCUT2D eigenvalue weighted by Gasteiger charge is 2.11. The van der Waals surface area contributed by atoms with Gasteiger partial charge in [-0.25, -0.2) is 4.98 Å². The fraction of sp³-hybridized carbons (Fsp3) is 0.0769. The minimum Gasteiger partial charge on any atom is -0.319 e. The average Bonchev–Trinajstić information content (AvgIpc) is 2.37. The highest BCUT2D eigenvalue weighted by atomic mass is 35.5. The van der Waals surface area contributed by atoms with Gasteiger partial charge in [-0.1, -0.05) is 34.8 Å². The van der Waals surface area contributed by atoms with Gasteiger partial charge < -0.3 is 5.32 Å². The number of hydrogen-bond acceptors (Lipinski definition) is 2. The summed E-state index contributed by atoms with van der Waals surface area (Å²) in [5, 5.41) is 3.63. The summed E-state index contributed by atoms with van der Waals surface area (Å²) >= 11 is 17.6. The Morgan fingerprint density at radius 2 is 1.89 bits per heavy atom. The van der Waals surface area contributed by atoms with E-state index in [1.165, 1.54) is 6.07 Å². The Labute approximate surface area is 125 Å². The molecule has 1 aromatic heterocycles. The molecule has 0 aliphatic rings. The Bertz CT molecular complexity index is 644. The molecule has 98 valence electrons. The van der Waals surface area contributed by atoms with E-state index in [2.05, 4.69) is 10.3 Å². The van der Waals surface area contributed by atoms with Gasteiger partial charge in [0.25, 0.3) is 5.91 Å². The number of aryl methyl sites for hydroxylation is 1. The van der Waals surface area contributed by atoms with E-state index in [1.807, 2.05) is 6.92 Å². The Balaban J connectivity index is 2.25. The van der Waals surface area contributed by atoms with Gasteiger partial charge in [-0.2, -0.15) is 0 Å². The molecule has 2 aromatic rings. The highest BCUT2D eigenvalue weighted by molar-refractivity contribution is 6.42. The van der Waals surface area contributed by atoms with Gasteiger partial charge in [0.2, 0.25) is 0 Å². The summed E-state index contributed by atoms with van der Waals surface area (Å²) in [7, 11) is 0. The lowest BCUT2D eigenvalue weighted by molar-refractivity contribution is 0.102. The number of nitrogens with zero attached hydrogens (tertiary/aromatic N) is 1. The van der Waals surface area contributed by atoms with E-state index in [1.54, 1.807) is 24.4 Å². The van der Waals surface area contributed by atoms with Crippen LogP contribution >= 0.6 is 34.8 Å². The van der Waals surface area contributed by atoms with Crippen LogP contribution in [0, 0.1) is 6.92 Å². The zero-order valence-electron chi connectivity index (χ0n) is 9.88. The van der Waals surface area contributed by atoms with Gasteiger partial charge in [0.05, 0.1) is 15.7 Å². The summed E-state index contributed by atoms with van der Waals surface area (Å²) in [6, 6.07) is 6.39. The van der Waals surface area contributed by atoms with Gasteiger partial charge >= 0.3 is 0 Å². The normalized spacial score (nSPS) is 10.3. The van der Waals surface area contributed by atoms with Crippen LogP contribution in [-0.4, -0.2) is 10.9 Å². The number of benzene rings is 1. The number of nitrogens with one attached hydrogen (secondary N) is 1. The van der Waals surface area contributed by atoms with E-state index in [9.17, 15) is 4.79 Å². The maximum absolute atomic E-state index is 12.0. The van der Waals surface area contributed by atoms with E-state index >= 15 is 0 Å². The molecule has 0 spiro atoms. The molecule has 0 aliphatic carbocycles. The molecular weight excluding hydrogens is 307 g/mol. The minimum atomic E-state index is -0.326. The number of carbonyl (C=O) groups is 1. The van der Waals surface area contributed by atoms with E-state index in [4.69, 9.17) is 34.8 Å². The monoisotopic (exact) mass is 314 g/mol. The molecule has 0 unspecified atom stereocenters. The SMILES string of the molecule is Cc1cnc(Cl)c(NC(=O)c2ccc(Cl)c(Cl)c2)c1. The van der Waals surface area contributed by atoms with Crippen molar-refractivity contribution in [3.8, 4) is 0 Å². The zero-order valence-corrected chi connectivity index (χ0v) is 12.1. The Kier molecular flexibility index (Phi) is 4.30. The van der Waals surface area contributed by atoms with Gasteiger partial charge in [-0.05, 0) is 36.8 Å². The smallest absolute Gasteiger partial charge is 0.255 e.